The summed E-state index contributed by atoms with van der Waals surface area (Å²) < 4.78 is 17.0. The number of rotatable bonds is 9. The number of fused-ring (bicyclic) bond motifs is 1. The zero-order chi connectivity index (χ0) is 27.4. The van der Waals surface area contributed by atoms with Gasteiger partial charge in [0, 0.05) is 18.8 Å². The maximum absolute atomic E-state index is 13.2. The highest BCUT2D eigenvalue weighted by Crippen LogP contribution is 2.47. The SMILES string of the molecule is CCC1=C(C(=O)OC)[C@@H](c2ccc(OCc3ccccc3)c(OC)c2)N2C(CC(=O)N3CCCC3)=CSC2=N1. The van der Waals surface area contributed by atoms with E-state index in [-0.39, 0.29) is 12.3 Å². The molecule has 1 atom stereocenters. The van der Waals surface area contributed by atoms with Gasteiger partial charge in [0.15, 0.2) is 16.7 Å². The van der Waals surface area contributed by atoms with Crippen molar-refractivity contribution >= 4 is 28.8 Å². The van der Waals surface area contributed by atoms with Gasteiger partial charge in [0.05, 0.1) is 38.0 Å². The van der Waals surface area contributed by atoms with Gasteiger partial charge < -0.3 is 24.0 Å². The van der Waals surface area contributed by atoms with E-state index in [2.05, 4.69) is 0 Å². The van der Waals surface area contributed by atoms with Crippen LogP contribution < -0.4 is 9.47 Å². The number of hydrogen-bond donors (Lipinski definition) is 0. The molecule has 204 valence electrons. The van der Waals surface area contributed by atoms with Gasteiger partial charge in [-0.05, 0) is 47.9 Å². The number of nitrogens with zero attached hydrogens (tertiary/aromatic N) is 3. The van der Waals surface area contributed by atoms with Gasteiger partial charge in [0.1, 0.15) is 6.61 Å². The summed E-state index contributed by atoms with van der Waals surface area (Å²) in [6, 6.07) is 15.1. The Morgan fingerprint density at radius 2 is 1.82 bits per heavy atom. The maximum atomic E-state index is 13.2. The molecule has 5 rings (SSSR count). The molecule has 0 bridgehead atoms. The van der Waals surface area contributed by atoms with Crippen LogP contribution in [0.2, 0.25) is 0 Å². The van der Waals surface area contributed by atoms with Gasteiger partial charge in [-0.3, -0.25) is 4.79 Å². The second-order valence-corrected chi connectivity index (χ2v) is 10.4. The Hall–Kier alpha value is -3.72. The molecule has 1 saturated heterocycles. The fourth-order valence-electron chi connectivity index (χ4n) is 5.17. The monoisotopic (exact) mass is 547 g/mol. The molecule has 0 aliphatic carbocycles. The molecule has 0 unspecified atom stereocenters. The van der Waals surface area contributed by atoms with Crippen LogP contribution in [0.3, 0.4) is 0 Å². The normalized spacial score (nSPS) is 18.5. The van der Waals surface area contributed by atoms with Gasteiger partial charge in [-0.25, -0.2) is 9.79 Å². The predicted molar refractivity (Wildman–Crippen MR) is 151 cm³/mol. The summed E-state index contributed by atoms with van der Waals surface area (Å²) in [5.41, 5.74) is 3.83. The Morgan fingerprint density at radius 1 is 1.05 bits per heavy atom. The summed E-state index contributed by atoms with van der Waals surface area (Å²) in [5, 5.41) is 2.72. The minimum absolute atomic E-state index is 0.0893. The van der Waals surface area contributed by atoms with Crippen molar-refractivity contribution in [1.82, 2.24) is 9.80 Å². The van der Waals surface area contributed by atoms with E-state index in [1.54, 1.807) is 7.11 Å². The van der Waals surface area contributed by atoms with Gasteiger partial charge in [0.2, 0.25) is 5.91 Å². The number of allylic oxidation sites excluding steroid dienone is 1. The lowest BCUT2D eigenvalue weighted by Crippen LogP contribution is -2.38. The van der Waals surface area contributed by atoms with Crippen molar-refractivity contribution in [2.75, 3.05) is 27.3 Å². The van der Waals surface area contributed by atoms with Gasteiger partial charge in [-0.2, -0.15) is 0 Å². The highest BCUT2D eigenvalue weighted by Gasteiger charge is 2.42. The van der Waals surface area contributed by atoms with Crippen LogP contribution in [0.5, 0.6) is 11.5 Å². The number of amides is 1. The molecule has 3 aliphatic rings. The summed E-state index contributed by atoms with van der Waals surface area (Å²) in [4.78, 5) is 35.0. The van der Waals surface area contributed by atoms with Crippen LogP contribution in [0, 0.1) is 0 Å². The summed E-state index contributed by atoms with van der Waals surface area (Å²) in [5.74, 6) is 0.807. The summed E-state index contributed by atoms with van der Waals surface area (Å²) in [7, 11) is 2.98. The number of carbonyl (C=O) groups is 2. The number of likely N-dealkylation sites (tertiary alicyclic amines) is 1. The average Bonchev–Trinajstić information content (AvgIpc) is 3.66. The quantitative estimate of drug-likeness (QED) is 0.388. The average molecular weight is 548 g/mol. The number of hydrogen-bond acceptors (Lipinski definition) is 8. The van der Waals surface area contributed by atoms with Gasteiger partial charge in [0.25, 0.3) is 0 Å². The molecule has 39 heavy (non-hydrogen) atoms. The number of ether oxygens (including phenoxy) is 3. The molecule has 1 amide bonds. The molecule has 0 radical (unpaired) electrons. The number of thioether (sulfide) groups is 1. The Balaban J connectivity index is 1.50. The number of aliphatic imine (C=N–C) groups is 1. The third kappa shape index (κ3) is 5.54. The smallest absolute Gasteiger partial charge is 0.338 e. The van der Waals surface area contributed by atoms with E-state index < -0.39 is 12.0 Å². The summed E-state index contributed by atoms with van der Waals surface area (Å²) in [6.07, 6.45) is 2.88. The molecule has 3 aliphatic heterocycles. The predicted octanol–water partition coefficient (Wildman–Crippen LogP) is 5.42. The van der Waals surface area contributed by atoms with E-state index in [0.29, 0.717) is 35.8 Å². The number of carbonyl (C=O) groups excluding carboxylic acids is 2. The second-order valence-electron chi connectivity index (χ2n) is 9.55. The van der Waals surface area contributed by atoms with Crippen molar-refractivity contribution in [3.05, 3.63) is 82.0 Å². The van der Waals surface area contributed by atoms with E-state index in [0.717, 1.165) is 47.9 Å². The van der Waals surface area contributed by atoms with E-state index in [9.17, 15) is 9.59 Å². The number of benzene rings is 2. The third-order valence-electron chi connectivity index (χ3n) is 7.16. The topological polar surface area (TPSA) is 80.7 Å². The van der Waals surface area contributed by atoms with E-state index in [4.69, 9.17) is 19.2 Å². The lowest BCUT2D eigenvalue weighted by Gasteiger charge is -2.37. The Labute approximate surface area is 233 Å². The number of methoxy groups -OCH3 is 2. The highest BCUT2D eigenvalue weighted by atomic mass is 32.2. The fourth-order valence-corrected chi connectivity index (χ4v) is 6.11. The van der Waals surface area contributed by atoms with Gasteiger partial charge >= 0.3 is 5.97 Å². The summed E-state index contributed by atoms with van der Waals surface area (Å²) in [6.45, 7) is 3.95. The first-order valence-electron chi connectivity index (χ1n) is 13.2. The van der Waals surface area contributed by atoms with E-state index in [1.807, 2.05) is 70.7 Å². The van der Waals surface area contributed by atoms with E-state index >= 15 is 0 Å². The molecule has 0 aromatic heterocycles. The van der Waals surface area contributed by atoms with Crippen LogP contribution >= 0.6 is 11.8 Å². The van der Waals surface area contributed by atoms with Gasteiger partial charge in [-0.1, -0.05) is 55.1 Å². The van der Waals surface area contributed by atoms with Crippen LogP contribution in [-0.4, -0.2) is 54.2 Å². The van der Waals surface area contributed by atoms with Crippen molar-refractivity contribution < 1.29 is 23.8 Å². The summed E-state index contributed by atoms with van der Waals surface area (Å²) >= 11 is 1.48. The molecule has 0 spiro atoms. The lowest BCUT2D eigenvalue weighted by molar-refractivity contribution is -0.136. The van der Waals surface area contributed by atoms with Gasteiger partial charge in [-0.15, -0.1) is 0 Å². The molecule has 9 heteroatoms. The number of esters is 1. The molecule has 2 aromatic carbocycles. The molecular formula is C30H33N3O5S. The van der Waals surface area contributed by atoms with Crippen molar-refractivity contribution in [1.29, 1.82) is 0 Å². The van der Waals surface area contributed by atoms with Crippen LogP contribution in [0.4, 0.5) is 0 Å². The Kier molecular flexibility index (Phi) is 8.26. The first-order chi connectivity index (χ1) is 19.0. The first kappa shape index (κ1) is 26.9. The van der Waals surface area contributed by atoms with Crippen LogP contribution in [0.25, 0.3) is 0 Å². The van der Waals surface area contributed by atoms with Crippen molar-refractivity contribution in [3.8, 4) is 11.5 Å². The highest BCUT2D eigenvalue weighted by molar-refractivity contribution is 8.16. The first-order valence-corrected chi connectivity index (χ1v) is 14.1. The minimum atomic E-state index is -0.524. The second kappa shape index (κ2) is 12.0. The van der Waals surface area contributed by atoms with Crippen LogP contribution in [-0.2, 0) is 20.9 Å². The Morgan fingerprint density at radius 3 is 2.51 bits per heavy atom. The van der Waals surface area contributed by atoms with Crippen LogP contribution in [0.15, 0.2) is 75.9 Å². The zero-order valence-corrected chi connectivity index (χ0v) is 23.3. The molecular weight excluding hydrogens is 514 g/mol. The van der Waals surface area contributed by atoms with Crippen LogP contribution in [0.1, 0.15) is 49.8 Å². The standard InChI is InChI=1S/C30H33N3O5S/c1-4-23-27(29(35)37-3)28(33-22(19-39-30(33)31-23)17-26(34)32-14-8-9-15-32)21-12-13-24(25(16-21)36-2)38-18-20-10-6-5-7-11-20/h5-7,10-13,16,19,28H,4,8-9,14-15,17-18H2,1-3H3/t28-/m1/s1. The van der Waals surface area contributed by atoms with Crippen molar-refractivity contribution in [2.45, 2.75) is 45.3 Å². The number of amidine groups is 1. The van der Waals surface area contributed by atoms with E-state index in [1.165, 1.54) is 18.9 Å². The van der Waals surface area contributed by atoms with Crippen molar-refractivity contribution in [3.63, 3.8) is 0 Å². The molecule has 0 saturated carbocycles. The maximum Gasteiger partial charge on any atom is 0.338 e. The lowest BCUT2D eigenvalue weighted by atomic mass is 9.92. The fraction of sp³-hybridized carbons (Fsp3) is 0.367. The third-order valence-corrected chi connectivity index (χ3v) is 8.05. The Bertz CT molecular complexity index is 1330. The largest absolute Gasteiger partial charge is 0.493 e. The molecule has 8 nitrogen and oxygen atoms in total. The molecule has 0 N–H and O–H groups in total. The molecule has 2 aromatic rings. The molecule has 3 heterocycles. The molecule has 1 fully saturated rings. The van der Waals surface area contributed by atoms with Crippen molar-refractivity contribution in [2.24, 2.45) is 4.99 Å². The zero-order valence-electron chi connectivity index (χ0n) is 22.5. The minimum Gasteiger partial charge on any atom is -0.493 e.